The highest BCUT2D eigenvalue weighted by Gasteiger charge is 2.29. The van der Waals surface area contributed by atoms with Gasteiger partial charge in [0.05, 0.1) is 6.61 Å². The number of aryl methyl sites for hydroxylation is 1. The maximum atomic E-state index is 12.4. The minimum absolute atomic E-state index is 0.0831. The van der Waals surface area contributed by atoms with Gasteiger partial charge in [-0.2, -0.15) is 0 Å². The van der Waals surface area contributed by atoms with E-state index in [4.69, 9.17) is 14.2 Å². The van der Waals surface area contributed by atoms with E-state index in [1.807, 2.05) is 30.3 Å². The van der Waals surface area contributed by atoms with Gasteiger partial charge < -0.3 is 19.5 Å². The first kappa shape index (κ1) is 26.9. The number of carbonyl (C=O) groups excluding carboxylic acids is 3. The van der Waals surface area contributed by atoms with Gasteiger partial charge in [0.15, 0.2) is 0 Å². The number of esters is 2. The lowest BCUT2D eigenvalue weighted by molar-refractivity contribution is -0.167. The number of nitrogens with one attached hydrogen (secondary N) is 1. The summed E-state index contributed by atoms with van der Waals surface area (Å²) in [4.78, 5) is 36.3. The summed E-state index contributed by atoms with van der Waals surface area (Å²) < 4.78 is 15.6. The second-order valence-electron chi connectivity index (χ2n) is 9.03. The van der Waals surface area contributed by atoms with Crippen LogP contribution in [0.25, 0.3) is 11.1 Å². The maximum Gasteiger partial charge on any atom is 0.407 e. The third kappa shape index (κ3) is 9.65. The van der Waals surface area contributed by atoms with Gasteiger partial charge in [-0.25, -0.2) is 9.59 Å². The molecular weight excluding hydrogens is 434 g/mol. The van der Waals surface area contributed by atoms with Gasteiger partial charge in [0, 0.05) is 19.4 Å². The zero-order chi connectivity index (χ0) is 25.1. The second-order valence-corrected chi connectivity index (χ2v) is 9.03. The van der Waals surface area contributed by atoms with Crippen LogP contribution in [0.5, 0.6) is 0 Å². The van der Waals surface area contributed by atoms with E-state index in [1.165, 1.54) is 6.92 Å². The van der Waals surface area contributed by atoms with Crippen LogP contribution in [0, 0.1) is 0 Å². The zero-order valence-electron chi connectivity index (χ0n) is 20.6. The molecule has 7 heteroatoms. The largest absolute Gasteiger partial charge is 0.463 e. The quantitative estimate of drug-likeness (QED) is 0.386. The minimum atomic E-state index is -1.11. The fourth-order valence-corrected chi connectivity index (χ4v) is 3.44. The summed E-state index contributed by atoms with van der Waals surface area (Å²) >= 11 is 0. The van der Waals surface area contributed by atoms with E-state index in [0.29, 0.717) is 12.8 Å². The van der Waals surface area contributed by atoms with Gasteiger partial charge in [-0.1, -0.05) is 54.6 Å². The average molecular weight is 470 g/mol. The summed E-state index contributed by atoms with van der Waals surface area (Å²) in [5, 5.41) is 2.82. The molecule has 0 aromatic heterocycles. The van der Waals surface area contributed by atoms with Crippen molar-refractivity contribution in [3.05, 3.63) is 60.2 Å². The van der Waals surface area contributed by atoms with Crippen LogP contribution in [0.15, 0.2) is 54.6 Å². The van der Waals surface area contributed by atoms with Gasteiger partial charge in [0.1, 0.15) is 5.60 Å². The maximum absolute atomic E-state index is 12.4. The van der Waals surface area contributed by atoms with Gasteiger partial charge >= 0.3 is 18.0 Å². The molecule has 2 rings (SSSR count). The zero-order valence-corrected chi connectivity index (χ0v) is 20.6. The van der Waals surface area contributed by atoms with E-state index in [9.17, 15) is 14.4 Å². The smallest absolute Gasteiger partial charge is 0.407 e. The van der Waals surface area contributed by atoms with Gasteiger partial charge in [-0.15, -0.1) is 0 Å². The van der Waals surface area contributed by atoms with Crippen LogP contribution >= 0.6 is 0 Å². The molecule has 2 atom stereocenters. The second kappa shape index (κ2) is 12.8. The third-order valence-corrected chi connectivity index (χ3v) is 4.92. The molecule has 0 aliphatic carbocycles. The number of benzene rings is 2. The molecule has 2 aromatic carbocycles. The Kier molecular flexibility index (Phi) is 10.1. The highest BCUT2D eigenvalue weighted by molar-refractivity contribution is 5.78. The molecular formula is C27H35NO6. The molecule has 0 saturated heterocycles. The highest BCUT2D eigenvalue weighted by Crippen LogP contribution is 2.21. The summed E-state index contributed by atoms with van der Waals surface area (Å²) in [6, 6.07) is 17.8. The van der Waals surface area contributed by atoms with Gasteiger partial charge in [-0.3, -0.25) is 4.79 Å². The minimum Gasteiger partial charge on any atom is -0.463 e. The molecule has 0 spiro atoms. The van der Waals surface area contributed by atoms with Crippen molar-refractivity contribution in [3.63, 3.8) is 0 Å². The first-order valence-corrected chi connectivity index (χ1v) is 11.5. The van der Waals surface area contributed by atoms with Crippen LogP contribution in [0.4, 0.5) is 4.79 Å². The van der Waals surface area contributed by atoms with Gasteiger partial charge in [0.25, 0.3) is 0 Å². The van der Waals surface area contributed by atoms with Gasteiger partial charge in [0.2, 0.25) is 6.10 Å². The van der Waals surface area contributed by atoms with Crippen molar-refractivity contribution in [2.45, 2.75) is 71.6 Å². The van der Waals surface area contributed by atoms with Gasteiger partial charge in [-0.05, 0) is 57.2 Å². The summed E-state index contributed by atoms with van der Waals surface area (Å²) in [6.45, 7) is 8.39. The van der Waals surface area contributed by atoms with Crippen LogP contribution in [-0.2, 0) is 30.2 Å². The number of rotatable bonds is 10. The Hall–Kier alpha value is -3.35. The highest BCUT2D eigenvalue weighted by atomic mass is 16.6. The molecule has 1 amide bonds. The average Bonchev–Trinajstić information content (AvgIpc) is 2.76. The molecule has 1 N–H and O–H groups in total. The molecule has 34 heavy (non-hydrogen) atoms. The first-order valence-electron chi connectivity index (χ1n) is 11.5. The number of amides is 1. The summed E-state index contributed by atoms with van der Waals surface area (Å²) in [5.41, 5.74) is 2.66. The molecule has 1 unspecified atom stereocenters. The topological polar surface area (TPSA) is 90.9 Å². The SMILES string of the molecule is CCOC(=O)C(C[C@@H](CCc1ccc(-c2ccccc2)cc1)NC(=O)OC(C)(C)C)OC(C)=O. The predicted molar refractivity (Wildman–Crippen MR) is 130 cm³/mol. The van der Waals surface area contributed by atoms with E-state index < -0.39 is 35.8 Å². The molecule has 0 bridgehead atoms. The fourth-order valence-electron chi connectivity index (χ4n) is 3.44. The monoisotopic (exact) mass is 469 g/mol. The Labute approximate surface area is 201 Å². The normalized spacial score (nSPS) is 12.9. The number of ether oxygens (including phenoxy) is 3. The first-order chi connectivity index (χ1) is 16.1. The molecule has 2 aromatic rings. The Morgan fingerprint density at radius 1 is 0.941 bits per heavy atom. The van der Waals surface area contributed by atoms with Crippen molar-refractivity contribution >= 4 is 18.0 Å². The van der Waals surface area contributed by atoms with Crippen molar-refractivity contribution in [3.8, 4) is 11.1 Å². The van der Waals surface area contributed by atoms with Crippen molar-refractivity contribution in [1.29, 1.82) is 0 Å². The van der Waals surface area contributed by atoms with Crippen LogP contribution in [0.1, 0.15) is 53.0 Å². The van der Waals surface area contributed by atoms with Crippen LogP contribution in [0.2, 0.25) is 0 Å². The number of hydrogen-bond acceptors (Lipinski definition) is 6. The lowest BCUT2D eigenvalue weighted by Gasteiger charge is -2.26. The van der Waals surface area contributed by atoms with Crippen molar-refractivity contribution in [2.24, 2.45) is 0 Å². The van der Waals surface area contributed by atoms with Crippen LogP contribution < -0.4 is 5.32 Å². The lowest BCUT2D eigenvalue weighted by atomic mass is 9.98. The summed E-state index contributed by atoms with van der Waals surface area (Å²) in [7, 11) is 0. The molecule has 0 aliphatic heterocycles. The Balaban J connectivity index is 2.12. The van der Waals surface area contributed by atoms with E-state index in [1.54, 1.807) is 27.7 Å². The Morgan fingerprint density at radius 3 is 2.12 bits per heavy atom. The lowest BCUT2D eigenvalue weighted by Crippen LogP contribution is -2.43. The molecule has 0 heterocycles. The molecule has 0 fully saturated rings. The van der Waals surface area contributed by atoms with E-state index in [-0.39, 0.29) is 13.0 Å². The molecule has 0 aliphatic rings. The Morgan fingerprint density at radius 2 is 1.56 bits per heavy atom. The fraction of sp³-hybridized carbons (Fsp3) is 0.444. The van der Waals surface area contributed by atoms with Crippen LogP contribution in [0.3, 0.4) is 0 Å². The molecule has 7 nitrogen and oxygen atoms in total. The Bertz CT molecular complexity index is 934. The summed E-state index contributed by atoms with van der Waals surface area (Å²) in [5.74, 6) is -1.23. The van der Waals surface area contributed by atoms with E-state index in [2.05, 4.69) is 29.6 Å². The predicted octanol–water partition coefficient (Wildman–Crippen LogP) is 5.06. The molecule has 0 radical (unpaired) electrons. The van der Waals surface area contributed by atoms with Crippen molar-refractivity contribution in [2.75, 3.05) is 6.61 Å². The molecule has 0 saturated carbocycles. The third-order valence-electron chi connectivity index (χ3n) is 4.92. The summed E-state index contributed by atoms with van der Waals surface area (Å²) in [6.07, 6.45) is -0.466. The van der Waals surface area contributed by atoms with Crippen molar-refractivity contribution < 1.29 is 28.6 Å². The van der Waals surface area contributed by atoms with E-state index in [0.717, 1.165) is 16.7 Å². The van der Waals surface area contributed by atoms with E-state index >= 15 is 0 Å². The standard InChI is InChI=1S/C27H35NO6/c1-6-32-25(30)24(33-19(2)29)18-23(28-26(31)34-27(3,4)5)17-14-20-12-15-22(16-13-20)21-10-8-7-9-11-21/h7-13,15-16,23-24H,6,14,17-18H2,1-5H3,(H,28,31)/t23-,24?/m1/s1. The number of carbonyl (C=O) groups is 3. The number of hydrogen-bond donors (Lipinski definition) is 1. The number of alkyl carbamates (subject to hydrolysis) is 1. The van der Waals surface area contributed by atoms with Crippen LogP contribution in [-0.4, -0.2) is 42.4 Å². The van der Waals surface area contributed by atoms with Crippen molar-refractivity contribution in [1.82, 2.24) is 5.32 Å². The molecule has 184 valence electrons.